The third-order valence-corrected chi connectivity index (χ3v) is 5.15. The summed E-state index contributed by atoms with van der Waals surface area (Å²) in [7, 11) is 0. The van der Waals surface area contributed by atoms with Gasteiger partial charge in [-0.1, -0.05) is 12.1 Å². The summed E-state index contributed by atoms with van der Waals surface area (Å²) >= 11 is 0. The first-order chi connectivity index (χ1) is 15.3. The summed E-state index contributed by atoms with van der Waals surface area (Å²) in [5.74, 6) is 1.27. The summed E-state index contributed by atoms with van der Waals surface area (Å²) in [6.45, 7) is 4.16. The molecule has 7 nitrogen and oxygen atoms in total. The van der Waals surface area contributed by atoms with Crippen molar-refractivity contribution in [2.24, 2.45) is 5.73 Å². The highest BCUT2D eigenvalue weighted by molar-refractivity contribution is 5.64. The number of rotatable bonds is 7. The largest absolute Gasteiger partial charge is 0.491 e. The Morgan fingerprint density at radius 2 is 1.90 bits per heavy atom. The Kier molecular flexibility index (Phi) is 6.72. The van der Waals surface area contributed by atoms with E-state index >= 15 is 0 Å². The molecule has 2 N–H and O–H groups in total. The van der Waals surface area contributed by atoms with Crippen molar-refractivity contribution >= 4 is 5.69 Å². The molecule has 0 radical (unpaired) electrons. The summed E-state index contributed by atoms with van der Waals surface area (Å²) in [5, 5.41) is 9.45. The Morgan fingerprint density at radius 3 is 2.65 bits per heavy atom. The van der Waals surface area contributed by atoms with E-state index in [1.165, 1.54) is 5.69 Å². The monoisotopic (exact) mass is 415 g/mol. The van der Waals surface area contributed by atoms with Crippen molar-refractivity contribution in [3.63, 3.8) is 0 Å². The molecular formula is C24H25N5O2. The van der Waals surface area contributed by atoms with E-state index < -0.39 is 0 Å². The molecule has 0 aliphatic carbocycles. The van der Waals surface area contributed by atoms with Crippen LogP contribution < -0.4 is 15.4 Å². The Hall–Kier alpha value is -3.47. The Balaban J connectivity index is 1.49. The molecule has 0 spiro atoms. The lowest BCUT2D eigenvalue weighted by atomic mass is 10.1. The molecule has 31 heavy (non-hydrogen) atoms. The molecule has 0 atom stereocenters. The Morgan fingerprint density at radius 1 is 1.10 bits per heavy atom. The first-order valence-corrected chi connectivity index (χ1v) is 10.4. The number of hydrogen-bond acceptors (Lipinski definition) is 7. The highest BCUT2D eigenvalue weighted by Gasteiger charge is 2.12. The van der Waals surface area contributed by atoms with Crippen molar-refractivity contribution in [2.45, 2.75) is 6.42 Å². The Labute approximate surface area is 182 Å². The van der Waals surface area contributed by atoms with Gasteiger partial charge in [-0.05, 0) is 42.0 Å². The van der Waals surface area contributed by atoms with E-state index in [4.69, 9.17) is 20.2 Å². The summed E-state index contributed by atoms with van der Waals surface area (Å²) in [4.78, 5) is 11.5. The van der Waals surface area contributed by atoms with Crippen LogP contribution in [0.15, 0.2) is 54.7 Å². The smallest absolute Gasteiger partial charge is 0.137 e. The van der Waals surface area contributed by atoms with Gasteiger partial charge in [-0.25, -0.2) is 9.97 Å². The van der Waals surface area contributed by atoms with Crippen molar-refractivity contribution in [3.8, 4) is 23.1 Å². The SMILES string of the molecule is N#Cc1cc(-c2ccnc(Cc3ccc(N4CCOCC4)cc3)n2)ccc1OCCN. The number of aromatic nitrogens is 2. The highest BCUT2D eigenvalue weighted by Crippen LogP contribution is 2.25. The van der Waals surface area contributed by atoms with Gasteiger partial charge in [0.05, 0.1) is 24.5 Å². The van der Waals surface area contributed by atoms with Gasteiger partial charge in [0.1, 0.15) is 24.3 Å². The van der Waals surface area contributed by atoms with Crippen LogP contribution in [0.4, 0.5) is 5.69 Å². The number of morpholine rings is 1. The van der Waals surface area contributed by atoms with Crippen LogP contribution in [-0.2, 0) is 11.2 Å². The summed E-state index contributed by atoms with van der Waals surface area (Å²) in [5.41, 5.74) is 9.93. The minimum Gasteiger partial charge on any atom is -0.491 e. The van der Waals surface area contributed by atoms with E-state index in [0.29, 0.717) is 30.9 Å². The molecule has 2 aromatic carbocycles. The maximum absolute atomic E-state index is 9.45. The number of anilines is 1. The molecule has 1 aromatic heterocycles. The molecule has 1 saturated heterocycles. The van der Waals surface area contributed by atoms with Crippen molar-refractivity contribution in [2.75, 3.05) is 44.4 Å². The molecule has 158 valence electrons. The van der Waals surface area contributed by atoms with E-state index in [-0.39, 0.29) is 0 Å². The van der Waals surface area contributed by atoms with Crippen LogP contribution in [-0.4, -0.2) is 49.4 Å². The zero-order chi connectivity index (χ0) is 21.5. The second kappa shape index (κ2) is 10.0. The van der Waals surface area contributed by atoms with Crippen LogP contribution in [0.3, 0.4) is 0 Å². The zero-order valence-electron chi connectivity index (χ0n) is 17.3. The third kappa shape index (κ3) is 5.18. The second-order valence-corrected chi connectivity index (χ2v) is 7.26. The molecule has 0 saturated carbocycles. The van der Waals surface area contributed by atoms with E-state index in [9.17, 15) is 5.26 Å². The summed E-state index contributed by atoms with van der Waals surface area (Å²) < 4.78 is 11.0. The molecule has 3 aromatic rings. The zero-order valence-corrected chi connectivity index (χ0v) is 17.3. The molecular weight excluding hydrogens is 390 g/mol. The number of benzene rings is 2. The van der Waals surface area contributed by atoms with E-state index in [1.54, 1.807) is 18.3 Å². The van der Waals surface area contributed by atoms with Gasteiger partial charge in [0.25, 0.3) is 0 Å². The summed E-state index contributed by atoms with van der Waals surface area (Å²) in [6.07, 6.45) is 2.39. The number of nitrogens with zero attached hydrogens (tertiary/aromatic N) is 4. The molecule has 7 heteroatoms. The fourth-order valence-electron chi connectivity index (χ4n) is 3.55. The third-order valence-electron chi connectivity index (χ3n) is 5.15. The average molecular weight is 415 g/mol. The predicted molar refractivity (Wildman–Crippen MR) is 119 cm³/mol. The number of nitriles is 1. The van der Waals surface area contributed by atoms with Gasteiger partial charge in [-0.2, -0.15) is 5.26 Å². The van der Waals surface area contributed by atoms with Crippen LogP contribution in [0.2, 0.25) is 0 Å². The number of hydrogen-bond donors (Lipinski definition) is 1. The maximum Gasteiger partial charge on any atom is 0.137 e. The fraction of sp³-hybridized carbons (Fsp3) is 0.292. The van der Waals surface area contributed by atoms with E-state index in [0.717, 1.165) is 48.9 Å². The average Bonchev–Trinajstić information content (AvgIpc) is 2.84. The summed E-state index contributed by atoms with van der Waals surface area (Å²) in [6, 6.07) is 18.0. The normalized spacial score (nSPS) is 13.6. The van der Waals surface area contributed by atoms with Crippen LogP contribution in [0.1, 0.15) is 17.0 Å². The van der Waals surface area contributed by atoms with E-state index in [2.05, 4.69) is 40.2 Å². The number of ether oxygens (including phenoxy) is 2. The lowest BCUT2D eigenvalue weighted by molar-refractivity contribution is 0.122. The first kappa shape index (κ1) is 20.8. The van der Waals surface area contributed by atoms with Gasteiger partial charge in [0, 0.05) is 43.5 Å². The molecule has 0 unspecified atom stereocenters. The van der Waals surface area contributed by atoms with Crippen LogP contribution in [0, 0.1) is 11.3 Å². The van der Waals surface area contributed by atoms with Gasteiger partial charge in [0.2, 0.25) is 0 Å². The number of nitrogens with two attached hydrogens (primary N) is 1. The highest BCUT2D eigenvalue weighted by atomic mass is 16.5. The molecule has 1 aliphatic rings. The molecule has 0 amide bonds. The van der Waals surface area contributed by atoms with Crippen molar-refractivity contribution in [1.29, 1.82) is 5.26 Å². The van der Waals surface area contributed by atoms with Gasteiger partial charge in [-0.15, -0.1) is 0 Å². The minimum absolute atomic E-state index is 0.371. The maximum atomic E-state index is 9.45. The van der Waals surface area contributed by atoms with Gasteiger partial charge >= 0.3 is 0 Å². The van der Waals surface area contributed by atoms with E-state index in [1.807, 2.05) is 12.1 Å². The fourth-order valence-corrected chi connectivity index (χ4v) is 3.55. The first-order valence-electron chi connectivity index (χ1n) is 10.4. The molecule has 1 aliphatic heterocycles. The van der Waals surface area contributed by atoms with Crippen LogP contribution in [0.5, 0.6) is 5.75 Å². The standard InChI is InChI=1S/C24H25N5O2/c25-8-12-31-23-6-3-19(16-20(23)17-26)22-7-9-27-24(28-22)15-18-1-4-21(5-2-18)29-10-13-30-14-11-29/h1-7,9,16H,8,10-15,25H2. The van der Waals surface area contributed by atoms with Crippen molar-refractivity contribution in [1.82, 2.24) is 9.97 Å². The van der Waals surface area contributed by atoms with Crippen LogP contribution in [0.25, 0.3) is 11.3 Å². The quantitative estimate of drug-likeness (QED) is 0.634. The lowest BCUT2D eigenvalue weighted by Crippen LogP contribution is -2.36. The van der Waals surface area contributed by atoms with Gasteiger partial charge in [0.15, 0.2) is 0 Å². The molecule has 1 fully saturated rings. The van der Waals surface area contributed by atoms with Gasteiger partial charge < -0.3 is 20.1 Å². The van der Waals surface area contributed by atoms with Gasteiger partial charge in [-0.3, -0.25) is 0 Å². The molecule has 2 heterocycles. The van der Waals surface area contributed by atoms with Crippen molar-refractivity contribution < 1.29 is 9.47 Å². The Bertz CT molecular complexity index is 1060. The topological polar surface area (TPSA) is 97.3 Å². The van der Waals surface area contributed by atoms with Crippen LogP contribution >= 0.6 is 0 Å². The minimum atomic E-state index is 0.371. The second-order valence-electron chi connectivity index (χ2n) is 7.26. The predicted octanol–water partition coefficient (Wildman–Crippen LogP) is 2.78. The molecule has 4 rings (SSSR count). The molecule has 0 bridgehead atoms. The lowest BCUT2D eigenvalue weighted by Gasteiger charge is -2.28. The van der Waals surface area contributed by atoms with Crippen molar-refractivity contribution in [3.05, 3.63) is 71.7 Å².